The zero-order valence-corrected chi connectivity index (χ0v) is 10.8. The average Bonchev–Trinajstić information content (AvgIpc) is 3.26. The summed E-state index contributed by atoms with van der Waals surface area (Å²) in [6, 6.07) is 3.59. The molecule has 1 amide bonds. The number of amides is 1. The van der Waals surface area contributed by atoms with E-state index in [0.717, 1.165) is 19.4 Å². The van der Waals surface area contributed by atoms with Gasteiger partial charge in [0, 0.05) is 18.8 Å². The minimum Gasteiger partial charge on any atom is -0.477 e. The number of carboxylic acids is 1. The predicted octanol–water partition coefficient (Wildman–Crippen LogP) is 1.59. The molecule has 0 aliphatic heterocycles. The highest BCUT2D eigenvalue weighted by Gasteiger charge is 2.36. The molecule has 0 saturated heterocycles. The Kier molecular flexibility index (Phi) is 3.05. The standard InChI is InChI=1S/C14H18N2O3/c17-13(9-15-7-1-2-12(15)14(18)19)16(11-5-6-11)8-10-3-4-10/h1-2,7,10-11H,3-6,8-9H2,(H,18,19). The second-order valence-corrected chi connectivity index (χ2v) is 5.55. The van der Waals surface area contributed by atoms with Crippen molar-refractivity contribution in [3.8, 4) is 0 Å². The molecular formula is C14H18N2O3. The van der Waals surface area contributed by atoms with Crippen LogP contribution in [-0.2, 0) is 11.3 Å². The number of rotatable bonds is 6. The Morgan fingerprint density at radius 2 is 2.05 bits per heavy atom. The lowest BCUT2D eigenvalue weighted by molar-refractivity contribution is -0.132. The van der Waals surface area contributed by atoms with Gasteiger partial charge in [-0.15, -0.1) is 0 Å². The van der Waals surface area contributed by atoms with Gasteiger partial charge in [0.2, 0.25) is 5.91 Å². The number of hydrogen-bond acceptors (Lipinski definition) is 2. The molecule has 0 radical (unpaired) electrons. The molecule has 1 aromatic heterocycles. The normalized spacial score (nSPS) is 18.3. The van der Waals surface area contributed by atoms with Gasteiger partial charge in [-0.2, -0.15) is 0 Å². The van der Waals surface area contributed by atoms with E-state index in [4.69, 9.17) is 5.11 Å². The van der Waals surface area contributed by atoms with E-state index < -0.39 is 5.97 Å². The minimum absolute atomic E-state index is 0.0492. The molecule has 19 heavy (non-hydrogen) atoms. The molecule has 1 N–H and O–H groups in total. The summed E-state index contributed by atoms with van der Waals surface area (Å²) in [4.78, 5) is 25.3. The Hall–Kier alpha value is -1.78. The third kappa shape index (κ3) is 2.80. The van der Waals surface area contributed by atoms with E-state index in [1.165, 1.54) is 23.5 Å². The number of aromatic carboxylic acids is 1. The molecule has 2 aliphatic carbocycles. The van der Waals surface area contributed by atoms with Crippen LogP contribution in [0.3, 0.4) is 0 Å². The molecule has 0 bridgehead atoms. The number of aromatic nitrogens is 1. The van der Waals surface area contributed by atoms with Crippen LogP contribution >= 0.6 is 0 Å². The lowest BCUT2D eigenvalue weighted by Crippen LogP contribution is -2.37. The fraction of sp³-hybridized carbons (Fsp3) is 0.571. The van der Waals surface area contributed by atoms with Crippen molar-refractivity contribution < 1.29 is 14.7 Å². The summed E-state index contributed by atoms with van der Waals surface area (Å²) in [6.07, 6.45) is 6.29. The van der Waals surface area contributed by atoms with E-state index >= 15 is 0 Å². The van der Waals surface area contributed by atoms with Crippen molar-refractivity contribution in [2.24, 2.45) is 5.92 Å². The summed E-state index contributed by atoms with van der Waals surface area (Å²) in [5.41, 5.74) is 0.176. The van der Waals surface area contributed by atoms with Gasteiger partial charge in [0.05, 0.1) is 0 Å². The average molecular weight is 262 g/mol. The molecule has 1 aromatic rings. The van der Waals surface area contributed by atoms with Crippen molar-refractivity contribution in [1.82, 2.24) is 9.47 Å². The summed E-state index contributed by atoms with van der Waals surface area (Å²) in [5.74, 6) is -0.265. The third-order valence-corrected chi connectivity index (χ3v) is 3.81. The highest BCUT2D eigenvalue weighted by atomic mass is 16.4. The third-order valence-electron chi connectivity index (χ3n) is 3.81. The number of hydrogen-bond donors (Lipinski definition) is 1. The van der Waals surface area contributed by atoms with Crippen LogP contribution in [0.15, 0.2) is 18.3 Å². The van der Waals surface area contributed by atoms with Gasteiger partial charge in [0.25, 0.3) is 0 Å². The molecule has 2 aliphatic rings. The van der Waals surface area contributed by atoms with Crippen molar-refractivity contribution in [1.29, 1.82) is 0 Å². The Labute approximate surface area is 111 Å². The number of nitrogens with zero attached hydrogens (tertiary/aromatic N) is 2. The summed E-state index contributed by atoms with van der Waals surface area (Å²) in [5, 5.41) is 9.04. The van der Waals surface area contributed by atoms with E-state index in [-0.39, 0.29) is 18.1 Å². The first-order valence-corrected chi connectivity index (χ1v) is 6.83. The molecule has 5 nitrogen and oxygen atoms in total. The van der Waals surface area contributed by atoms with Crippen molar-refractivity contribution in [2.75, 3.05) is 6.54 Å². The molecule has 102 valence electrons. The minimum atomic E-state index is -0.988. The first-order chi connectivity index (χ1) is 9.15. The van der Waals surface area contributed by atoms with Gasteiger partial charge in [-0.25, -0.2) is 4.79 Å². The van der Waals surface area contributed by atoms with Gasteiger partial charge < -0.3 is 14.6 Å². The maximum atomic E-state index is 12.3. The highest BCUT2D eigenvalue weighted by molar-refractivity contribution is 5.87. The van der Waals surface area contributed by atoms with Crippen LogP contribution in [0.4, 0.5) is 0 Å². The Bertz CT molecular complexity index is 501. The van der Waals surface area contributed by atoms with Crippen molar-refractivity contribution in [3.63, 3.8) is 0 Å². The van der Waals surface area contributed by atoms with Crippen LogP contribution in [-0.4, -0.2) is 39.0 Å². The SMILES string of the molecule is O=C(O)c1cccn1CC(=O)N(CC1CC1)C1CC1. The Balaban J connectivity index is 1.68. The zero-order chi connectivity index (χ0) is 13.4. The molecule has 0 atom stereocenters. The summed E-state index contributed by atoms with van der Waals surface area (Å²) in [6.45, 7) is 0.991. The zero-order valence-electron chi connectivity index (χ0n) is 10.8. The van der Waals surface area contributed by atoms with Crippen molar-refractivity contribution in [3.05, 3.63) is 24.0 Å². The summed E-state index contributed by atoms with van der Waals surface area (Å²) in [7, 11) is 0. The predicted molar refractivity (Wildman–Crippen MR) is 68.9 cm³/mol. The smallest absolute Gasteiger partial charge is 0.352 e. The van der Waals surface area contributed by atoms with E-state index in [1.807, 2.05) is 4.90 Å². The molecule has 0 spiro atoms. The lowest BCUT2D eigenvalue weighted by Gasteiger charge is -2.23. The van der Waals surface area contributed by atoms with E-state index in [0.29, 0.717) is 12.0 Å². The maximum absolute atomic E-state index is 12.3. The number of carbonyl (C=O) groups is 2. The number of carbonyl (C=O) groups excluding carboxylic acids is 1. The molecular weight excluding hydrogens is 244 g/mol. The quantitative estimate of drug-likeness (QED) is 0.846. The highest BCUT2D eigenvalue weighted by Crippen LogP contribution is 2.35. The molecule has 0 aromatic carbocycles. The summed E-state index contributed by atoms with van der Waals surface area (Å²) >= 11 is 0. The largest absolute Gasteiger partial charge is 0.477 e. The lowest BCUT2D eigenvalue weighted by atomic mass is 10.3. The number of carboxylic acid groups (broad SMARTS) is 1. The second-order valence-electron chi connectivity index (χ2n) is 5.55. The fourth-order valence-corrected chi connectivity index (χ4v) is 2.40. The van der Waals surface area contributed by atoms with Gasteiger partial charge in [0.15, 0.2) is 0 Å². The van der Waals surface area contributed by atoms with Gasteiger partial charge >= 0.3 is 5.97 Å². The first kappa shape index (κ1) is 12.3. The molecule has 0 unspecified atom stereocenters. The monoisotopic (exact) mass is 262 g/mol. The molecule has 2 saturated carbocycles. The van der Waals surface area contributed by atoms with Crippen LogP contribution in [0.2, 0.25) is 0 Å². The van der Waals surface area contributed by atoms with Crippen LogP contribution in [0.25, 0.3) is 0 Å². The van der Waals surface area contributed by atoms with E-state index in [9.17, 15) is 9.59 Å². The van der Waals surface area contributed by atoms with Crippen LogP contribution in [0.5, 0.6) is 0 Å². The Morgan fingerprint density at radius 3 is 2.63 bits per heavy atom. The van der Waals surface area contributed by atoms with Crippen molar-refractivity contribution in [2.45, 2.75) is 38.3 Å². The topological polar surface area (TPSA) is 62.5 Å². The maximum Gasteiger partial charge on any atom is 0.352 e. The van der Waals surface area contributed by atoms with Gasteiger partial charge in [0.1, 0.15) is 12.2 Å². The summed E-state index contributed by atoms with van der Waals surface area (Å²) < 4.78 is 1.52. The van der Waals surface area contributed by atoms with E-state index in [2.05, 4.69) is 0 Å². The van der Waals surface area contributed by atoms with Crippen molar-refractivity contribution >= 4 is 11.9 Å². The molecule has 5 heteroatoms. The van der Waals surface area contributed by atoms with Gasteiger partial charge in [-0.1, -0.05) is 0 Å². The Morgan fingerprint density at radius 1 is 1.32 bits per heavy atom. The fourth-order valence-electron chi connectivity index (χ4n) is 2.40. The molecule has 2 fully saturated rings. The van der Waals surface area contributed by atoms with Crippen LogP contribution in [0.1, 0.15) is 36.2 Å². The van der Waals surface area contributed by atoms with Crippen LogP contribution < -0.4 is 0 Å². The van der Waals surface area contributed by atoms with Gasteiger partial charge in [-0.3, -0.25) is 4.79 Å². The second kappa shape index (κ2) is 4.72. The van der Waals surface area contributed by atoms with Crippen LogP contribution in [0, 0.1) is 5.92 Å². The molecule has 3 rings (SSSR count). The van der Waals surface area contributed by atoms with Gasteiger partial charge in [-0.05, 0) is 43.7 Å². The van der Waals surface area contributed by atoms with E-state index in [1.54, 1.807) is 12.3 Å². The molecule has 1 heterocycles. The first-order valence-electron chi connectivity index (χ1n) is 6.83.